The first kappa shape index (κ1) is 90.6. The van der Waals surface area contributed by atoms with Crippen LogP contribution < -0.4 is 75.8 Å². The van der Waals surface area contributed by atoms with Crippen molar-refractivity contribution in [1.29, 1.82) is 0 Å². The second-order valence-electron chi connectivity index (χ2n) is 31.6. The van der Waals surface area contributed by atoms with Crippen molar-refractivity contribution in [3.63, 3.8) is 0 Å². The van der Waals surface area contributed by atoms with E-state index in [1.807, 2.05) is 24.3 Å². The van der Waals surface area contributed by atoms with Gasteiger partial charge in [0.05, 0.1) is 75.7 Å². The zero-order valence-corrected chi connectivity index (χ0v) is 73.2. The molecular formula is C89H73ClN28O21. The summed E-state index contributed by atoms with van der Waals surface area (Å²) in [4.78, 5) is 111. The fraction of sp³-hybridized carbons (Fsp3) is 0.169. The number of carboxylic acids is 1. The number of piperazine rings is 1. The number of aromatic nitrogens is 20. The monoisotopic (exact) mass is 1900 g/mol. The van der Waals surface area contributed by atoms with Crippen molar-refractivity contribution in [2.45, 2.75) is 63.8 Å². The van der Waals surface area contributed by atoms with E-state index in [1.54, 1.807) is 133 Å². The maximum absolute atomic E-state index is 13.2. The standard InChI is InChI=1S/C24H24N8O4.C24H19N7O8.C22H17N7O5.C19H13ClN6O4/c1-28-12-14-29(15-13-28)17-8-6-16(7-9-17)25-24(33)18-4-2-3-5-19(18)30-26-22-20(31(30)34)10-11-21-23(22)27-36-32(21)35;32-12-15(11-20(33)34)26-23(35)13-4-3-5-14(10-13)25-24(36)16-6-1-2-7-17(16)29-27-21-18(30(29)37)8-9-19-22(21)28-39-31(19)38;1-2-19(30)23-13-6-5-7-14(12-13)24-22(31)15-8-3-4-9-16(15)27-25-20-17(28(27)32)10-11-18-21(20)26-34-29(18)33;20-11-4-3-5-12(10-11)21-19(27)13-6-1-2-7-14(13)24-22-17-15(25(24)28)8-9-16-18(17)23-30-26(16)29/h2-9H,10-15H2,1H3,(H,25,33);1-7,10,12,15H,8-9,11H2,(H,25,36)(H,26,35)(H,33,34);2-9,12H,1,10-11H2,(H,23,30)(H,24,31);1-7,10H,8-9H2,(H,21,27)/t;15-;;/m.0../s1. The van der Waals surface area contributed by atoms with E-state index in [-0.39, 0.29) is 150 Å². The molecule has 49 nitrogen and oxygen atoms in total. The van der Waals surface area contributed by atoms with Gasteiger partial charge in [-0.25, -0.2) is 0 Å². The topological polar surface area (TPSA) is 626 Å². The van der Waals surface area contributed by atoms with Crippen molar-refractivity contribution >= 4 is 93.4 Å². The van der Waals surface area contributed by atoms with Gasteiger partial charge in [-0.2, -0.15) is 0 Å². The SMILES string of the molecule is C=CC(=O)Nc1cccc(NC(=O)c2ccccc2-n2nc3c([n+]2[O-])CCc2c-3no[n+]2[O-])c1.CN1CCN(c2ccc(NC(=O)c3ccccc3-n3nc4c([n+]3[O-])CCc3c-4no[n+]3[O-])cc2)CC1.O=C(Nc1cccc(Cl)c1)c1ccccc1-n1nc2c([n+]1[O-])CCc1c-2no[n+]1[O-].O=C[C@H](CC(=O)O)NC(=O)c1cccc(NC(=O)c2ccccc2-n2nc3c([n+]2[O-])CCc2c-3no[n+]2[O-])c1. The molecule has 0 radical (unpaired) electrons. The molecule has 16 aromatic rings. The summed E-state index contributed by atoms with van der Waals surface area (Å²) in [5, 5.41) is 157. The summed E-state index contributed by atoms with van der Waals surface area (Å²) in [6.07, 6.45) is 3.12. The van der Waals surface area contributed by atoms with Gasteiger partial charge < -0.3 is 93.3 Å². The number of hydrogen-bond acceptors (Lipinski definition) is 30. The highest BCUT2D eigenvalue weighted by Gasteiger charge is 2.45. The highest BCUT2D eigenvalue weighted by atomic mass is 35.5. The Morgan fingerprint density at radius 1 is 0.396 bits per heavy atom. The third kappa shape index (κ3) is 18.2. The predicted molar refractivity (Wildman–Crippen MR) is 478 cm³/mol. The molecule has 4 aliphatic carbocycles. The second-order valence-corrected chi connectivity index (χ2v) is 32.1. The molecule has 5 aliphatic rings. The van der Waals surface area contributed by atoms with Gasteiger partial charge in [0.15, 0.2) is 22.8 Å². The van der Waals surface area contributed by atoms with E-state index in [4.69, 9.17) is 21.3 Å². The van der Waals surface area contributed by atoms with Gasteiger partial charge in [-0.3, -0.25) is 52.1 Å². The van der Waals surface area contributed by atoms with Crippen LogP contribution in [0, 0.1) is 41.7 Å². The number of nitrogens with one attached hydrogen (secondary N) is 6. The highest BCUT2D eigenvalue weighted by Crippen LogP contribution is 2.35. The Kier molecular flexibility index (Phi) is 25.0. The normalized spacial score (nSPS) is 13.1. The number of likely N-dealkylation sites (N-methyl/N-ethyl adjacent to an activating group) is 1. The van der Waals surface area contributed by atoms with Crippen molar-refractivity contribution in [3.05, 3.63) is 327 Å². The molecule has 8 aromatic carbocycles. The molecule has 50 heteroatoms. The Labute approximate surface area is 784 Å². The lowest BCUT2D eigenvalue weighted by molar-refractivity contribution is -0.808. The highest BCUT2D eigenvalue weighted by molar-refractivity contribution is 6.31. The van der Waals surface area contributed by atoms with Crippen molar-refractivity contribution < 1.29 is 101 Å². The van der Waals surface area contributed by atoms with E-state index in [2.05, 4.69) is 110 Å². The summed E-state index contributed by atoms with van der Waals surface area (Å²) < 4.78 is 18.6. The molecular weight excluding hydrogens is 1830 g/mol. The molecule has 8 aromatic heterocycles. The Bertz CT molecular complexity index is 7570. The number of carbonyl (C=O) groups is 8. The first-order valence-electron chi connectivity index (χ1n) is 42.5. The number of halogens is 1. The fourth-order valence-corrected chi connectivity index (χ4v) is 16.3. The zero-order chi connectivity index (χ0) is 97.1. The molecule has 0 spiro atoms. The van der Waals surface area contributed by atoms with E-state index in [0.29, 0.717) is 134 Å². The van der Waals surface area contributed by atoms with Crippen LogP contribution in [0.15, 0.2) is 225 Å². The van der Waals surface area contributed by atoms with E-state index < -0.39 is 42.1 Å². The van der Waals surface area contributed by atoms with Crippen molar-refractivity contribution in [3.8, 4) is 68.3 Å². The van der Waals surface area contributed by atoms with Gasteiger partial charge in [0.2, 0.25) is 28.7 Å². The molecule has 1 saturated heterocycles. The maximum Gasteiger partial charge on any atom is 0.305 e. The second kappa shape index (κ2) is 38.3. The van der Waals surface area contributed by atoms with Crippen LogP contribution in [0.2, 0.25) is 5.02 Å². The smallest absolute Gasteiger partial charge is 0.305 e. The van der Waals surface area contributed by atoms with E-state index in [1.165, 1.54) is 36.4 Å². The van der Waals surface area contributed by atoms with E-state index in [0.717, 1.165) is 57.1 Å². The molecule has 1 aliphatic heterocycles. The fourth-order valence-electron chi connectivity index (χ4n) is 16.1. The Morgan fingerprint density at radius 2 is 0.719 bits per heavy atom. The van der Waals surface area contributed by atoms with Crippen molar-refractivity contribution in [1.82, 2.24) is 70.4 Å². The summed E-state index contributed by atoms with van der Waals surface area (Å²) in [6, 6.07) is 51.7. The van der Waals surface area contributed by atoms with Gasteiger partial charge in [-0.15, -0.1) is 19.4 Å². The molecule has 9 heterocycles. The van der Waals surface area contributed by atoms with Gasteiger partial charge >= 0.3 is 51.5 Å². The minimum Gasteiger partial charge on any atom is -0.692 e. The minimum absolute atomic E-state index is 0.0782. The van der Waals surface area contributed by atoms with Crippen LogP contribution in [0.1, 0.15) is 104 Å². The minimum atomic E-state index is -1.25. The molecule has 6 amide bonds. The molecule has 0 saturated carbocycles. The van der Waals surface area contributed by atoms with Crippen LogP contribution in [0.4, 0.5) is 34.1 Å². The molecule has 139 heavy (non-hydrogen) atoms. The summed E-state index contributed by atoms with van der Waals surface area (Å²) in [6.45, 7) is 7.36. The van der Waals surface area contributed by atoms with Crippen LogP contribution >= 0.6 is 11.6 Å². The average Bonchev–Trinajstić information content (AvgIpc) is 1.61. The number of benzene rings is 8. The first-order chi connectivity index (χ1) is 67.2. The molecule has 702 valence electrons. The largest absolute Gasteiger partial charge is 0.692 e. The number of para-hydroxylation sites is 4. The average molecular weight is 1910 g/mol. The Morgan fingerprint density at radius 3 is 1.07 bits per heavy atom. The Hall–Kier alpha value is -19.0. The lowest BCUT2D eigenvalue weighted by atomic mass is 10.0. The molecule has 1 atom stereocenters. The quantitative estimate of drug-likeness (QED) is 0.0246. The summed E-state index contributed by atoms with van der Waals surface area (Å²) in [5.41, 5.74) is 9.56. The van der Waals surface area contributed by atoms with Gasteiger partial charge in [-0.1, -0.05) is 84.9 Å². The molecule has 7 N–H and O–H groups in total. The number of anilines is 6. The molecule has 0 unspecified atom stereocenters. The number of nitrogens with zero attached hydrogens (tertiary/aromatic N) is 22. The number of aliphatic carboxylic acids is 1. The van der Waals surface area contributed by atoms with Gasteiger partial charge in [-0.05, 0) is 179 Å². The van der Waals surface area contributed by atoms with Crippen LogP contribution in [0.5, 0.6) is 0 Å². The van der Waals surface area contributed by atoms with E-state index >= 15 is 0 Å². The number of rotatable bonds is 20. The van der Waals surface area contributed by atoms with Crippen LogP contribution in [0.3, 0.4) is 0 Å². The predicted octanol–water partition coefficient (Wildman–Crippen LogP) is 3.88. The lowest BCUT2D eigenvalue weighted by Crippen LogP contribution is -2.44. The van der Waals surface area contributed by atoms with E-state index in [9.17, 15) is 80.0 Å². The third-order valence-electron chi connectivity index (χ3n) is 22.9. The van der Waals surface area contributed by atoms with Crippen LogP contribution in [0.25, 0.3) is 68.3 Å². The van der Waals surface area contributed by atoms with Crippen molar-refractivity contribution in [2.75, 3.05) is 64.7 Å². The number of amides is 6. The summed E-state index contributed by atoms with van der Waals surface area (Å²) in [5.74, 6) is -4.24. The van der Waals surface area contributed by atoms with Crippen LogP contribution in [-0.4, -0.2) is 157 Å². The number of carbonyl (C=O) groups excluding carboxylic acids is 7. The number of aldehydes is 1. The maximum atomic E-state index is 13.2. The third-order valence-corrected chi connectivity index (χ3v) is 23.2. The molecule has 1 fully saturated rings. The zero-order valence-electron chi connectivity index (χ0n) is 72.4. The van der Waals surface area contributed by atoms with Gasteiger partial charge in [0.25, 0.3) is 29.5 Å². The molecule has 0 bridgehead atoms. The first-order valence-corrected chi connectivity index (χ1v) is 42.9. The summed E-state index contributed by atoms with van der Waals surface area (Å²) >= 11 is 5.98. The number of carboxylic acid groups (broad SMARTS) is 1. The summed E-state index contributed by atoms with van der Waals surface area (Å²) in [7, 11) is 2.12. The molecule has 21 rings (SSSR count). The Balaban J connectivity index is 0.000000123. The lowest BCUT2D eigenvalue weighted by Gasteiger charge is -2.34. The number of hydrogen-bond donors (Lipinski definition) is 7. The van der Waals surface area contributed by atoms with Crippen LogP contribution in [-0.2, 0) is 65.8 Å². The van der Waals surface area contributed by atoms with Gasteiger partial charge in [0, 0.05) is 122 Å². The van der Waals surface area contributed by atoms with Crippen molar-refractivity contribution in [2.24, 2.45) is 0 Å². The number of fused-ring (bicyclic) bond motifs is 12. The van der Waals surface area contributed by atoms with Gasteiger partial charge in [0.1, 0.15) is 29.0 Å².